The molecule has 1 nitrogen and oxygen atoms in total. The highest BCUT2D eigenvalue weighted by Crippen LogP contribution is 2.49. The molecule has 1 aromatic rings. The van der Waals surface area contributed by atoms with Crippen molar-refractivity contribution in [2.75, 3.05) is 0 Å². The maximum absolute atomic E-state index is 13.5. The third-order valence-corrected chi connectivity index (χ3v) is 3.86. The number of benzene rings is 1. The summed E-state index contributed by atoms with van der Waals surface area (Å²) < 4.78 is 39.4. The van der Waals surface area contributed by atoms with E-state index in [9.17, 15) is 13.2 Å². The van der Waals surface area contributed by atoms with Gasteiger partial charge in [-0.1, -0.05) is 13.8 Å². The van der Waals surface area contributed by atoms with E-state index in [2.05, 4.69) is 0 Å². The molecule has 0 atom stereocenters. The van der Waals surface area contributed by atoms with Gasteiger partial charge in [-0.25, -0.2) is 13.2 Å². The van der Waals surface area contributed by atoms with Crippen molar-refractivity contribution in [3.8, 4) is 0 Å². The zero-order valence-electron chi connectivity index (χ0n) is 9.99. The van der Waals surface area contributed by atoms with Gasteiger partial charge in [-0.05, 0) is 36.3 Å². The molecule has 17 heavy (non-hydrogen) atoms. The summed E-state index contributed by atoms with van der Waals surface area (Å²) >= 11 is 0. The molecule has 94 valence electrons. The maximum atomic E-state index is 13.5. The molecule has 0 aromatic heterocycles. The van der Waals surface area contributed by atoms with Gasteiger partial charge in [0.25, 0.3) is 0 Å². The van der Waals surface area contributed by atoms with Crippen molar-refractivity contribution in [2.45, 2.75) is 38.6 Å². The summed E-state index contributed by atoms with van der Waals surface area (Å²) in [4.78, 5) is 0. The first-order valence-electron chi connectivity index (χ1n) is 5.67. The van der Waals surface area contributed by atoms with Crippen molar-refractivity contribution in [2.24, 2.45) is 11.1 Å². The molecule has 2 rings (SSSR count). The summed E-state index contributed by atoms with van der Waals surface area (Å²) in [5.41, 5.74) is 5.66. The SMILES string of the molecule is CC(C)(Cc1cc(F)c(F)cc1F)C1(N)CC1. The Morgan fingerprint density at radius 3 is 2.18 bits per heavy atom. The molecule has 4 heteroatoms. The minimum absolute atomic E-state index is 0.186. The summed E-state index contributed by atoms with van der Waals surface area (Å²) in [7, 11) is 0. The van der Waals surface area contributed by atoms with Crippen LogP contribution in [0, 0.1) is 22.9 Å². The van der Waals surface area contributed by atoms with Gasteiger partial charge in [-0.15, -0.1) is 0 Å². The van der Waals surface area contributed by atoms with Gasteiger partial charge in [0.1, 0.15) is 5.82 Å². The Hall–Kier alpha value is -1.03. The monoisotopic (exact) mass is 243 g/mol. The topological polar surface area (TPSA) is 26.0 Å². The van der Waals surface area contributed by atoms with Crippen molar-refractivity contribution in [1.29, 1.82) is 0 Å². The summed E-state index contributed by atoms with van der Waals surface area (Å²) in [5, 5.41) is 0. The molecule has 0 bridgehead atoms. The zero-order chi connectivity index (χ0) is 12.8. The molecular weight excluding hydrogens is 227 g/mol. The predicted molar refractivity (Wildman–Crippen MR) is 60.0 cm³/mol. The summed E-state index contributed by atoms with van der Waals surface area (Å²) in [6, 6.07) is 1.52. The van der Waals surface area contributed by atoms with E-state index in [0.717, 1.165) is 18.9 Å². The molecule has 1 aliphatic carbocycles. The van der Waals surface area contributed by atoms with E-state index in [-0.39, 0.29) is 16.5 Å². The van der Waals surface area contributed by atoms with Crippen LogP contribution in [0.1, 0.15) is 32.3 Å². The van der Waals surface area contributed by atoms with E-state index in [1.807, 2.05) is 13.8 Å². The molecule has 0 heterocycles. The average Bonchev–Trinajstić information content (AvgIpc) is 2.94. The van der Waals surface area contributed by atoms with Crippen LogP contribution in [-0.4, -0.2) is 5.54 Å². The lowest BCUT2D eigenvalue weighted by Gasteiger charge is -2.32. The highest BCUT2D eigenvalue weighted by molar-refractivity contribution is 5.24. The van der Waals surface area contributed by atoms with Crippen LogP contribution in [0.25, 0.3) is 0 Å². The molecule has 1 fully saturated rings. The van der Waals surface area contributed by atoms with E-state index < -0.39 is 17.5 Å². The minimum Gasteiger partial charge on any atom is -0.325 e. The van der Waals surface area contributed by atoms with Gasteiger partial charge in [-0.3, -0.25) is 0 Å². The fourth-order valence-electron chi connectivity index (χ4n) is 2.16. The second-order valence-corrected chi connectivity index (χ2v) is 5.57. The first-order valence-corrected chi connectivity index (χ1v) is 5.67. The summed E-state index contributed by atoms with van der Waals surface area (Å²) in [5.74, 6) is -2.88. The van der Waals surface area contributed by atoms with Crippen LogP contribution in [0.15, 0.2) is 12.1 Å². The lowest BCUT2D eigenvalue weighted by Crippen LogP contribution is -2.41. The van der Waals surface area contributed by atoms with Gasteiger partial charge in [0.15, 0.2) is 11.6 Å². The van der Waals surface area contributed by atoms with Crippen molar-refractivity contribution in [1.82, 2.24) is 0 Å². The van der Waals surface area contributed by atoms with Crippen molar-refractivity contribution >= 4 is 0 Å². The van der Waals surface area contributed by atoms with Gasteiger partial charge >= 0.3 is 0 Å². The Bertz CT molecular complexity index is 450. The molecule has 0 saturated heterocycles. The van der Waals surface area contributed by atoms with Crippen LogP contribution in [0.3, 0.4) is 0 Å². The Labute approximate surface area is 98.8 Å². The summed E-state index contributed by atoms with van der Waals surface area (Å²) in [6.07, 6.45) is 2.10. The average molecular weight is 243 g/mol. The van der Waals surface area contributed by atoms with E-state index >= 15 is 0 Å². The van der Waals surface area contributed by atoms with E-state index in [0.29, 0.717) is 12.5 Å². The van der Waals surface area contributed by atoms with Crippen molar-refractivity contribution < 1.29 is 13.2 Å². The van der Waals surface area contributed by atoms with Crippen molar-refractivity contribution in [3.05, 3.63) is 35.1 Å². The number of hydrogen-bond acceptors (Lipinski definition) is 1. The summed E-state index contributed by atoms with van der Waals surface area (Å²) in [6.45, 7) is 3.86. The molecule has 0 aliphatic heterocycles. The number of hydrogen-bond donors (Lipinski definition) is 1. The predicted octanol–water partition coefficient (Wildman–Crippen LogP) is 3.16. The van der Waals surface area contributed by atoms with E-state index in [4.69, 9.17) is 5.73 Å². The molecule has 0 unspecified atom stereocenters. The van der Waals surface area contributed by atoms with Gasteiger partial charge in [0, 0.05) is 11.6 Å². The van der Waals surface area contributed by atoms with Gasteiger partial charge in [-0.2, -0.15) is 0 Å². The molecule has 1 saturated carbocycles. The quantitative estimate of drug-likeness (QED) is 0.811. The Kier molecular flexibility index (Phi) is 2.73. The van der Waals surface area contributed by atoms with Crippen LogP contribution in [0.5, 0.6) is 0 Å². The highest BCUT2D eigenvalue weighted by atomic mass is 19.2. The van der Waals surface area contributed by atoms with Crippen LogP contribution in [-0.2, 0) is 6.42 Å². The van der Waals surface area contributed by atoms with Crippen LogP contribution < -0.4 is 5.73 Å². The van der Waals surface area contributed by atoms with Crippen LogP contribution in [0.4, 0.5) is 13.2 Å². The third kappa shape index (κ3) is 2.18. The Morgan fingerprint density at radius 1 is 1.12 bits per heavy atom. The van der Waals surface area contributed by atoms with Gasteiger partial charge in [0.05, 0.1) is 0 Å². The smallest absolute Gasteiger partial charge is 0.161 e. The standard InChI is InChI=1S/C13H16F3N/c1-12(2,13(17)3-4-13)7-8-5-10(15)11(16)6-9(8)14/h5-6H,3-4,7,17H2,1-2H3. The number of halogens is 3. The van der Waals surface area contributed by atoms with E-state index in [1.165, 1.54) is 0 Å². The molecule has 0 amide bonds. The van der Waals surface area contributed by atoms with Gasteiger partial charge < -0.3 is 5.73 Å². The third-order valence-electron chi connectivity index (χ3n) is 3.86. The Balaban J connectivity index is 2.27. The van der Waals surface area contributed by atoms with Crippen LogP contribution in [0.2, 0.25) is 0 Å². The number of nitrogens with two attached hydrogens (primary N) is 1. The molecule has 2 N–H and O–H groups in total. The Morgan fingerprint density at radius 2 is 1.65 bits per heavy atom. The van der Waals surface area contributed by atoms with Crippen LogP contribution >= 0.6 is 0 Å². The second kappa shape index (κ2) is 3.73. The zero-order valence-corrected chi connectivity index (χ0v) is 9.99. The highest BCUT2D eigenvalue weighted by Gasteiger charge is 2.51. The number of rotatable bonds is 3. The molecule has 0 radical (unpaired) electrons. The lowest BCUT2D eigenvalue weighted by atomic mass is 9.77. The fourth-order valence-corrected chi connectivity index (χ4v) is 2.16. The molecular formula is C13H16F3N. The maximum Gasteiger partial charge on any atom is 0.161 e. The van der Waals surface area contributed by atoms with E-state index in [1.54, 1.807) is 0 Å². The normalized spacial score (nSPS) is 18.2. The minimum atomic E-state index is -1.15. The lowest BCUT2D eigenvalue weighted by molar-refractivity contribution is 0.261. The first kappa shape index (κ1) is 12.4. The van der Waals surface area contributed by atoms with Crippen molar-refractivity contribution in [3.63, 3.8) is 0 Å². The molecule has 0 spiro atoms. The molecule has 1 aromatic carbocycles. The molecule has 1 aliphatic rings. The first-order chi connectivity index (χ1) is 7.75. The largest absolute Gasteiger partial charge is 0.325 e. The second-order valence-electron chi connectivity index (χ2n) is 5.57. The fraction of sp³-hybridized carbons (Fsp3) is 0.538. The van der Waals surface area contributed by atoms with Gasteiger partial charge in [0.2, 0.25) is 0 Å².